The molecule has 0 radical (unpaired) electrons. The van der Waals surface area contributed by atoms with E-state index in [0.29, 0.717) is 0 Å². The van der Waals surface area contributed by atoms with E-state index in [2.05, 4.69) is 34.2 Å². The molecule has 2 aromatic rings. The van der Waals surface area contributed by atoms with Crippen LogP contribution in [0.25, 0.3) is 11.0 Å². The van der Waals surface area contributed by atoms with Gasteiger partial charge in [0.25, 0.3) is 0 Å². The number of fused-ring (bicyclic) bond motifs is 1. The second kappa shape index (κ2) is 3.35. The molecule has 0 amide bonds. The minimum Gasteiger partial charge on any atom is -0.335 e. The van der Waals surface area contributed by atoms with Crippen molar-refractivity contribution in [3.63, 3.8) is 0 Å². The Kier molecular flexibility index (Phi) is 1.99. The monoisotopic (exact) mass is 201 g/mol. The van der Waals surface area contributed by atoms with Gasteiger partial charge in [0.2, 0.25) is 0 Å². The Morgan fingerprint density at radius 1 is 1.53 bits per heavy atom. The number of rotatable bonds is 3. The van der Waals surface area contributed by atoms with Crippen molar-refractivity contribution >= 4 is 11.0 Å². The van der Waals surface area contributed by atoms with Crippen molar-refractivity contribution in [1.29, 1.82) is 0 Å². The Hall–Kier alpha value is -1.35. The summed E-state index contributed by atoms with van der Waals surface area (Å²) >= 11 is 0. The summed E-state index contributed by atoms with van der Waals surface area (Å²) in [6.07, 6.45) is 6.69. The largest absolute Gasteiger partial charge is 0.335 e. The molecular formula is C12H15N3. The molecule has 0 bridgehead atoms. The molecule has 3 nitrogen and oxygen atoms in total. The average Bonchev–Trinajstić information content (AvgIpc) is 3.03. The first kappa shape index (κ1) is 8.92. The summed E-state index contributed by atoms with van der Waals surface area (Å²) in [5.41, 5.74) is 2.43. The third-order valence-corrected chi connectivity index (χ3v) is 2.97. The number of nitrogens with zero attached hydrogens (tertiary/aromatic N) is 2. The van der Waals surface area contributed by atoms with Crippen LogP contribution in [0.2, 0.25) is 0 Å². The van der Waals surface area contributed by atoms with Crippen LogP contribution in [-0.4, -0.2) is 15.6 Å². The molecule has 3 heteroatoms. The highest BCUT2D eigenvalue weighted by molar-refractivity contribution is 5.80. The molecule has 1 N–H and O–H groups in total. The van der Waals surface area contributed by atoms with Crippen LogP contribution in [-0.2, 0) is 13.6 Å². The standard InChI is InChI=1S/C12H15N3/c1-15-8-9(7-14-10-4-5-10)11-3-2-6-13-12(11)15/h2-3,6,8,10,14H,4-5,7H2,1H3. The highest BCUT2D eigenvalue weighted by Crippen LogP contribution is 2.22. The molecule has 0 aromatic carbocycles. The molecule has 15 heavy (non-hydrogen) atoms. The second-order valence-electron chi connectivity index (χ2n) is 4.29. The van der Waals surface area contributed by atoms with Gasteiger partial charge in [-0.05, 0) is 30.5 Å². The van der Waals surface area contributed by atoms with Gasteiger partial charge in [-0.2, -0.15) is 0 Å². The van der Waals surface area contributed by atoms with Crippen molar-refractivity contribution in [3.05, 3.63) is 30.1 Å². The predicted octanol–water partition coefficient (Wildman–Crippen LogP) is 1.83. The number of hydrogen-bond acceptors (Lipinski definition) is 2. The molecule has 78 valence electrons. The molecule has 1 fully saturated rings. The van der Waals surface area contributed by atoms with Gasteiger partial charge in [0.15, 0.2) is 0 Å². The number of aryl methyl sites for hydroxylation is 1. The van der Waals surface area contributed by atoms with Crippen molar-refractivity contribution in [3.8, 4) is 0 Å². The lowest BCUT2D eigenvalue weighted by atomic mass is 10.2. The maximum atomic E-state index is 4.38. The van der Waals surface area contributed by atoms with E-state index in [9.17, 15) is 0 Å². The zero-order valence-corrected chi connectivity index (χ0v) is 8.90. The van der Waals surface area contributed by atoms with Crippen LogP contribution >= 0.6 is 0 Å². The second-order valence-corrected chi connectivity index (χ2v) is 4.29. The van der Waals surface area contributed by atoms with E-state index in [-0.39, 0.29) is 0 Å². The summed E-state index contributed by atoms with van der Waals surface area (Å²) in [6, 6.07) is 4.91. The highest BCUT2D eigenvalue weighted by Gasteiger charge is 2.20. The first-order valence-corrected chi connectivity index (χ1v) is 5.47. The molecule has 1 aliphatic rings. The number of nitrogens with one attached hydrogen (secondary N) is 1. The normalized spacial score (nSPS) is 16.1. The first-order valence-electron chi connectivity index (χ1n) is 5.47. The van der Waals surface area contributed by atoms with E-state index in [1.54, 1.807) is 0 Å². The fraction of sp³-hybridized carbons (Fsp3) is 0.417. The van der Waals surface area contributed by atoms with Gasteiger partial charge in [-0.1, -0.05) is 0 Å². The van der Waals surface area contributed by atoms with Crippen molar-refractivity contribution < 1.29 is 0 Å². The third kappa shape index (κ3) is 1.63. The van der Waals surface area contributed by atoms with Crippen molar-refractivity contribution in [2.45, 2.75) is 25.4 Å². The fourth-order valence-corrected chi connectivity index (χ4v) is 1.98. The average molecular weight is 201 g/mol. The summed E-state index contributed by atoms with van der Waals surface area (Å²) in [5.74, 6) is 0. The van der Waals surface area contributed by atoms with Crippen molar-refractivity contribution in [2.75, 3.05) is 0 Å². The Morgan fingerprint density at radius 3 is 3.20 bits per heavy atom. The van der Waals surface area contributed by atoms with Gasteiger partial charge in [0, 0.05) is 37.4 Å². The summed E-state index contributed by atoms with van der Waals surface area (Å²) in [7, 11) is 2.05. The topological polar surface area (TPSA) is 29.9 Å². The van der Waals surface area contributed by atoms with Gasteiger partial charge < -0.3 is 9.88 Å². The molecule has 3 rings (SSSR count). The van der Waals surface area contributed by atoms with Gasteiger partial charge in [-0.25, -0.2) is 4.98 Å². The van der Waals surface area contributed by atoms with Crippen LogP contribution in [0.1, 0.15) is 18.4 Å². The Labute approximate surface area is 89.1 Å². The highest BCUT2D eigenvalue weighted by atomic mass is 15.0. The van der Waals surface area contributed by atoms with E-state index in [1.165, 1.54) is 23.8 Å². The first-order chi connectivity index (χ1) is 7.34. The van der Waals surface area contributed by atoms with E-state index in [4.69, 9.17) is 0 Å². The summed E-state index contributed by atoms with van der Waals surface area (Å²) in [4.78, 5) is 4.38. The molecule has 1 saturated carbocycles. The van der Waals surface area contributed by atoms with Crippen LogP contribution in [0.3, 0.4) is 0 Å². The lowest BCUT2D eigenvalue weighted by Gasteiger charge is -1.99. The van der Waals surface area contributed by atoms with Gasteiger partial charge in [-0.3, -0.25) is 0 Å². The quantitative estimate of drug-likeness (QED) is 0.821. The zero-order valence-electron chi connectivity index (χ0n) is 8.90. The van der Waals surface area contributed by atoms with E-state index in [1.807, 2.05) is 12.3 Å². The van der Waals surface area contributed by atoms with Gasteiger partial charge in [0.05, 0.1) is 0 Å². The maximum Gasteiger partial charge on any atom is 0.139 e. The number of pyridine rings is 1. The molecule has 0 unspecified atom stereocenters. The van der Waals surface area contributed by atoms with Crippen LogP contribution in [0.4, 0.5) is 0 Å². The zero-order chi connectivity index (χ0) is 10.3. The van der Waals surface area contributed by atoms with E-state index < -0.39 is 0 Å². The maximum absolute atomic E-state index is 4.38. The molecule has 2 aromatic heterocycles. The number of hydrogen-bond donors (Lipinski definition) is 1. The summed E-state index contributed by atoms with van der Waals surface area (Å²) in [6.45, 7) is 0.966. The predicted molar refractivity (Wildman–Crippen MR) is 60.6 cm³/mol. The molecule has 0 spiro atoms. The van der Waals surface area contributed by atoms with Gasteiger partial charge in [0.1, 0.15) is 5.65 Å². The van der Waals surface area contributed by atoms with Crippen molar-refractivity contribution in [1.82, 2.24) is 14.9 Å². The third-order valence-electron chi connectivity index (χ3n) is 2.97. The molecule has 1 aliphatic carbocycles. The van der Waals surface area contributed by atoms with Crippen LogP contribution in [0.15, 0.2) is 24.5 Å². The molecule has 0 saturated heterocycles. The van der Waals surface area contributed by atoms with E-state index in [0.717, 1.165) is 18.2 Å². The Morgan fingerprint density at radius 2 is 2.40 bits per heavy atom. The van der Waals surface area contributed by atoms with Gasteiger partial charge >= 0.3 is 0 Å². The molecule has 2 heterocycles. The minimum atomic E-state index is 0.761. The summed E-state index contributed by atoms with van der Waals surface area (Å²) in [5, 5.41) is 4.81. The minimum absolute atomic E-state index is 0.761. The lowest BCUT2D eigenvalue weighted by molar-refractivity contribution is 0.689. The van der Waals surface area contributed by atoms with Crippen LogP contribution < -0.4 is 5.32 Å². The molecular weight excluding hydrogens is 186 g/mol. The SMILES string of the molecule is Cn1cc(CNC2CC2)c2cccnc21. The Balaban J connectivity index is 1.94. The van der Waals surface area contributed by atoms with Crippen LogP contribution in [0, 0.1) is 0 Å². The summed E-state index contributed by atoms with van der Waals surface area (Å²) < 4.78 is 2.10. The smallest absolute Gasteiger partial charge is 0.139 e. The van der Waals surface area contributed by atoms with Crippen molar-refractivity contribution in [2.24, 2.45) is 7.05 Å². The molecule has 0 aliphatic heterocycles. The van der Waals surface area contributed by atoms with Gasteiger partial charge in [-0.15, -0.1) is 0 Å². The number of aromatic nitrogens is 2. The van der Waals surface area contributed by atoms with Crippen LogP contribution in [0.5, 0.6) is 0 Å². The Bertz CT molecular complexity index is 483. The van der Waals surface area contributed by atoms with E-state index >= 15 is 0 Å². The molecule has 0 atom stereocenters. The fourth-order valence-electron chi connectivity index (χ4n) is 1.98. The lowest BCUT2D eigenvalue weighted by Crippen LogP contribution is -2.14.